The molecule has 1 N–H and O–H groups in total. The lowest BCUT2D eigenvalue weighted by atomic mass is 10.0. The van der Waals surface area contributed by atoms with Gasteiger partial charge in [0.2, 0.25) is 0 Å². The van der Waals surface area contributed by atoms with E-state index in [1.54, 1.807) is 6.07 Å². The molecule has 0 radical (unpaired) electrons. The molecule has 0 fully saturated rings. The van der Waals surface area contributed by atoms with E-state index < -0.39 is 0 Å². The van der Waals surface area contributed by atoms with E-state index in [9.17, 15) is 4.79 Å². The standard InChI is InChI=1S/C13H12O2/c14-9-8-13(15)12-7-3-5-10-4-1-2-6-11(10)12/h1-7,14H,8-9H2. The maximum Gasteiger partial charge on any atom is 0.165 e. The largest absolute Gasteiger partial charge is 0.396 e. The molecule has 0 aliphatic heterocycles. The Morgan fingerprint density at radius 3 is 2.60 bits per heavy atom. The van der Waals surface area contributed by atoms with E-state index >= 15 is 0 Å². The van der Waals surface area contributed by atoms with Crippen molar-refractivity contribution < 1.29 is 9.90 Å². The lowest BCUT2D eigenvalue weighted by Gasteiger charge is -2.04. The Morgan fingerprint density at radius 1 is 1.07 bits per heavy atom. The Kier molecular flexibility index (Phi) is 2.79. The van der Waals surface area contributed by atoms with Crippen LogP contribution in [0.1, 0.15) is 16.8 Å². The number of benzene rings is 2. The minimum Gasteiger partial charge on any atom is -0.396 e. The smallest absolute Gasteiger partial charge is 0.165 e. The summed E-state index contributed by atoms with van der Waals surface area (Å²) in [5.41, 5.74) is 0.696. The molecular formula is C13H12O2. The number of hydrogen-bond donors (Lipinski definition) is 1. The van der Waals surface area contributed by atoms with Crippen LogP contribution in [0, 0.1) is 0 Å². The molecule has 0 heterocycles. The minimum atomic E-state index is -0.0952. The van der Waals surface area contributed by atoms with Crippen molar-refractivity contribution in [3.05, 3.63) is 48.0 Å². The zero-order valence-corrected chi connectivity index (χ0v) is 8.31. The van der Waals surface area contributed by atoms with Gasteiger partial charge >= 0.3 is 0 Å². The van der Waals surface area contributed by atoms with Crippen molar-refractivity contribution in [3.8, 4) is 0 Å². The molecule has 0 bridgehead atoms. The van der Waals surface area contributed by atoms with E-state index in [0.717, 1.165) is 10.8 Å². The molecule has 15 heavy (non-hydrogen) atoms. The van der Waals surface area contributed by atoms with Crippen molar-refractivity contribution in [1.82, 2.24) is 0 Å². The fraction of sp³-hybridized carbons (Fsp3) is 0.154. The maximum atomic E-state index is 11.7. The van der Waals surface area contributed by atoms with Gasteiger partial charge in [-0.25, -0.2) is 0 Å². The SMILES string of the molecule is O=C(CCO)c1cccc2ccccc12. The number of carbonyl (C=O) groups is 1. The summed E-state index contributed by atoms with van der Waals surface area (Å²) in [6.45, 7) is -0.0952. The Hall–Kier alpha value is -1.67. The zero-order valence-electron chi connectivity index (χ0n) is 8.31. The van der Waals surface area contributed by atoms with Gasteiger partial charge in [0.15, 0.2) is 5.78 Å². The zero-order chi connectivity index (χ0) is 10.7. The quantitative estimate of drug-likeness (QED) is 0.772. The highest BCUT2D eigenvalue weighted by Crippen LogP contribution is 2.19. The predicted molar refractivity (Wildman–Crippen MR) is 60.0 cm³/mol. The van der Waals surface area contributed by atoms with Gasteiger partial charge in [-0.05, 0) is 10.8 Å². The summed E-state index contributed by atoms with van der Waals surface area (Å²) in [6.07, 6.45) is 0.188. The van der Waals surface area contributed by atoms with E-state index in [0.29, 0.717) is 5.56 Å². The lowest BCUT2D eigenvalue weighted by Crippen LogP contribution is -2.02. The number of aliphatic hydroxyl groups is 1. The van der Waals surface area contributed by atoms with Gasteiger partial charge in [0.1, 0.15) is 0 Å². The van der Waals surface area contributed by atoms with Crippen molar-refractivity contribution in [2.45, 2.75) is 6.42 Å². The second kappa shape index (κ2) is 4.24. The van der Waals surface area contributed by atoms with E-state index in [4.69, 9.17) is 5.11 Å². The summed E-state index contributed by atoms with van der Waals surface area (Å²) in [6, 6.07) is 13.4. The Labute approximate surface area is 88.2 Å². The average molecular weight is 200 g/mol. The molecule has 0 unspecified atom stereocenters. The van der Waals surface area contributed by atoms with E-state index in [2.05, 4.69) is 0 Å². The highest BCUT2D eigenvalue weighted by Gasteiger charge is 2.08. The summed E-state index contributed by atoms with van der Waals surface area (Å²) < 4.78 is 0. The van der Waals surface area contributed by atoms with Crippen LogP contribution in [0.5, 0.6) is 0 Å². The average Bonchev–Trinajstić information content (AvgIpc) is 2.28. The molecule has 0 aliphatic rings. The molecule has 0 aliphatic carbocycles. The second-order valence-electron chi connectivity index (χ2n) is 3.42. The number of fused-ring (bicyclic) bond motifs is 1. The van der Waals surface area contributed by atoms with Gasteiger partial charge in [-0.1, -0.05) is 42.5 Å². The normalized spacial score (nSPS) is 10.5. The second-order valence-corrected chi connectivity index (χ2v) is 3.42. The van der Waals surface area contributed by atoms with Crippen LogP contribution >= 0.6 is 0 Å². The number of rotatable bonds is 3. The van der Waals surface area contributed by atoms with Crippen LogP contribution < -0.4 is 0 Å². The first-order valence-corrected chi connectivity index (χ1v) is 4.95. The number of Topliss-reactive ketones (excluding diaryl/α,β-unsaturated/α-hetero) is 1. The fourth-order valence-corrected chi connectivity index (χ4v) is 1.70. The van der Waals surface area contributed by atoms with E-state index in [-0.39, 0.29) is 18.8 Å². The van der Waals surface area contributed by atoms with Gasteiger partial charge in [0.05, 0.1) is 6.61 Å². The van der Waals surface area contributed by atoms with Crippen molar-refractivity contribution in [2.24, 2.45) is 0 Å². The first kappa shape index (κ1) is 9.87. The summed E-state index contributed by atoms with van der Waals surface area (Å²) in [5, 5.41) is 10.8. The Bertz CT molecular complexity index is 483. The van der Waals surface area contributed by atoms with Gasteiger partial charge in [-0.2, -0.15) is 0 Å². The van der Waals surface area contributed by atoms with Crippen molar-refractivity contribution in [2.75, 3.05) is 6.61 Å². The minimum absolute atomic E-state index is 0.00528. The molecule has 2 heteroatoms. The lowest BCUT2D eigenvalue weighted by molar-refractivity contribution is 0.0958. The molecule has 0 amide bonds. The van der Waals surface area contributed by atoms with Crippen molar-refractivity contribution in [1.29, 1.82) is 0 Å². The number of carbonyl (C=O) groups excluding carboxylic acids is 1. The molecule has 76 valence electrons. The summed E-state index contributed by atoms with van der Waals surface area (Å²) in [4.78, 5) is 11.7. The predicted octanol–water partition coefficient (Wildman–Crippen LogP) is 2.40. The molecular weight excluding hydrogens is 188 g/mol. The highest BCUT2D eigenvalue weighted by atomic mass is 16.3. The number of hydrogen-bond acceptors (Lipinski definition) is 2. The molecule has 2 aromatic rings. The summed E-state index contributed by atoms with van der Waals surface area (Å²) in [7, 11) is 0. The Morgan fingerprint density at radius 2 is 1.80 bits per heavy atom. The molecule has 0 saturated carbocycles. The van der Waals surface area contributed by atoms with Crippen molar-refractivity contribution in [3.63, 3.8) is 0 Å². The number of aliphatic hydroxyl groups excluding tert-OH is 1. The monoisotopic (exact) mass is 200 g/mol. The van der Waals surface area contributed by atoms with Crippen molar-refractivity contribution >= 4 is 16.6 Å². The summed E-state index contributed by atoms with van der Waals surface area (Å²) in [5.74, 6) is -0.00528. The molecule has 2 aromatic carbocycles. The van der Waals surface area contributed by atoms with Gasteiger partial charge in [-0.3, -0.25) is 4.79 Å². The fourth-order valence-electron chi connectivity index (χ4n) is 1.70. The molecule has 2 rings (SSSR count). The third kappa shape index (κ3) is 1.90. The Balaban J connectivity index is 2.56. The summed E-state index contributed by atoms with van der Waals surface area (Å²) >= 11 is 0. The molecule has 0 aromatic heterocycles. The van der Waals surface area contributed by atoms with Crippen LogP contribution in [-0.2, 0) is 0 Å². The molecule has 2 nitrogen and oxygen atoms in total. The van der Waals surface area contributed by atoms with Crippen LogP contribution in [0.3, 0.4) is 0 Å². The van der Waals surface area contributed by atoms with Crippen LogP contribution in [0.2, 0.25) is 0 Å². The first-order chi connectivity index (χ1) is 7.33. The van der Waals surface area contributed by atoms with E-state index in [1.165, 1.54) is 0 Å². The van der Waals surface area contributed by atoms with Crippen LogP contribution in [0.25, 0.3) is 10.8 Å². The third-order valence-electron chi connectivity index (χ3n) is 2.43. The maximum absolute atomic E-state index is 11.7. The molecule has 0 saturated heterocycles. The van der Waals surface area contributed by atoms with Gasteiger partial charge in [-0.15, -0.1) is 0 Å². The third-order valence-corrected chi connectivity index (χ3v) is 2.43. The van der Waals surface area contributed by atoms with Gasteiger partial charge in [0.25, 0.3) is 0 Å². The van der Waals surface area contributed by atoms with Gasteiger partial charge < -0.3 is 5.11 Å². The molecule has 0 spiro atoms. The number of ketones is 1. The first-order valence-electron chi connectivity index (χ1n) is 4.95. The highest BCUT2D eigenvalue weighted by molar-refractivity contribution is 6.08. The van der Waals surface area contributed by atoms with Crippen LogP contribution in [-0.4, -0.2) is 17.5 Å². The molecule has 0 atom stereocenters. The topological polar surface area (TPSA) is 37.3 Å². The van der Waals surface area contributed by atoms with Crippen LogP contribution in [0.4, 0.5) is 0 Å². The van der Waals surface area contributed by atoms with Crippen LogP contribution in [0.15, 0.2) is 42.5 Å². The van der Waals surface area contributed by atoms with E-state index in [1.807, 2.05) is 36.4 Å². The van der Waals surface area contributed by atoms with Gasteiger partial charge in [0, 0.05) is 12.0 Å².